The van der Waals surface area contributed by atoms with Crippen LogP contribution in [0.25, 0.3) is 11.0 Å². The Morgan fingerprint density at radius 1 is 1.50 bits per heavy atom. The van der Waals surface area contributed by atoms with Crippen LogP contribution in [0.3, 0.4) is 0 Å². The number of halogens is 1. The Morgan fingerprint density at radius 2 is 2.44 bits per heavy atom. The summed E-state index contributed by atoms with van der Waals surface area (Å²) in [4.78, 5) is 4.43. The molecular weight excluding hydrogens is 266 g/mol. The summed E-state index contributed by atoms with van der Waals surface area (Å²) in [5.74, 6) is 0.740. The van der Waals surface area contributed by atoms with Gasteiger partial charge in [-0.1, -0.05) is 6.07 Å². The summed E-state index contributed by atoms with van der Waals surface area (Å²) < 4.78 is 3.39. The highest BCUT2D eigenvalue weighted by atomic mass is 79.9. The number of aromatic nitrogens is 2. The lowest BCUT2D eigenvalue weighted by Gasteiger charge is -2.10. The van der Waals surface area contributed by atoms with Crippen LogP contribution >= 0.6 is 15.9 Å². The summed E-state index contributed by atoms with van der Waals surface area (Å²) in [6, 6.07) is 6.16. The Bertz CT molecular complexity index is 500. The number of benzene rings is 1. The van der Waals surface area contributed by atoms with Gasteiger partial charge in [-0.05, 0) is 53.5 Å². The van der Waals surface area contributed by atoms with Gasteiger partial charge in [0.2, 0.25) is 0 Å². The van der Waals surface area contributed by atoms with Gasteiger partial charge in [-0.2, -0.15) is 0 Å². The van der Waals surface area contributed by atoms with Crippen LogP contribution in [-0.4, -0.2) is 22.6 Å². The van der Waals surface area contributed by atoms with E-state index >= 15 is 0 Å². The molecule has 0 aliphatic carbocycles. The summed E-state index contributed by atoms with van der Waals surface area (Å²) in [5, 5.41) is 3.40. The molecule has 1 fully saturated rings. The van der Waals surface area contributed by atoms with Crippen LogP contribution < -0.4 is 5.32 Å². The normalized spacial score (nSPS) is 20.7. The van der Waals surface area contributed by atoms with Gasteiger partial charge in [0.1, 0.15) is 0 Å². The Kier molecular flexibility index (Phi) is 2.69. The molecule has 1 aromatic heterocycles. The molecule has 1 saturated heterocycles. The standard InChI is InChI=1S/C12H14BrN3/c13-10-2-1-3-11-12(10)16(8-15-11)7-9-4-5-14-6-9/h1-3,8-9,14H,4-7H2. The second-order valence-electron chi connectivity index (χ2n) is 4.36. The first-order valence-electron chi connectivity index (χ1n) is 5.64. The van der Waals surface area contributed by atoms with E-state index in [1.807, 2.05) is 12.4 Å². The molecule has 1 aromatic carbocycles. The summed E-state index contributed by atoms with van der Waals surface area (Å²) >= 11 is 3.60. The third-order valence-electron chi connectivity index (χ3n) is 3.21. The fraction of sp³-hybridized carbons (Fsp3) is 0.417. The van der Waals surface area contributed by atoms with Crippen LogP contribution in [-0.2, 0) is 6.54 Å². The van der Waals surface area contributed by atoms with Crippen molar-refractivity contribution >= 4 is 27.0 Å². The van der Waals surface area contributed by atoms with Crippen LogP contribution in [0.1, 0.15) is 6.42 Å². The number of hydrogen-bond acceptors (Lipinski definition) is 2. The van der Waals surface area contributed by atoms with Crippen molar-refractivity contribution in [2.24, 2.45) is 5.92 Å². The van der Waals surface area contributed by atoms with E-state index in [0.717, 1.165) is 35.5 Å². The lowest BCUT2D eigenvalue weighted by molar-refractivity contribution is 0.489. The molecule has 3 rings (SSSR count). The van der Waals surface area contributed by atoms with Crippen molar-refractivity contribution in [2.45, 2.75) is 13.0 Å². The van der Waals surface area contributed by atoms with Crippen molar-refractivity contribution in [1.29, 1.82) is 0 Å². The van der Waals surface area contributed by atoms with E-state index in [1.165, 1.54) is 11.9 Å². The van der Waals surface area contributed by atoms with Crippen LogP contribution in [0.2, 0.25) is 0 Å². The average Bonchev–Trinajstić information content (AvgIpc) is 2.90. The Balaban J connectivity index is 1.97. The number of fused-ring (bicyclic) bond motifs is 1. The average molecular weight is 280 g/mol. The predicted octanol–water partition coefficient (Wildman–Crippen LogP) is 2.41. The van der Waals surface area contributed by atoms with E-state index in [2.05, 4.69) is 42.9 Å². The maximum Gasteiger partial charge on any atom is 0.0958 e. The maximum absolute atomic E-state index is 4.43. The van der Waals surface area contributed by atoms with E-state index in [9.17, 15) is 0 Å². The van der Waals surface area contributed by atoms with E-state index in [1.54, 1.807) is 0 Å². The number of nitrogens with zero attached hydrogens (tertiary/aromatic N) is 2. The van der Waals surface area contributed by atoms with Crippen molar-refractivity contribution in [2.75, 3.05) is 13.1 Å². The van der Waals surface area contributed by atoms with E-state index < -0.39 is 0 Å². The van der Waals surface area contributed by atoms with Gasteiger partial charge in [-0.25, -0.2) is 4.98 Å². The summed E-state index contributed by atoms with van der Waals surface area (Å²) in [5.41, 5.74) is 2.29. The second kappa shape index (κ2) is 4.18. The van der Waals surface area contributed by atoms with Gasteiger partial charge in [0.15, 0.2) is 0 Å². The molecule has 0 radical (unpaired) electrons. The minimum atomic E-state index is 0.740. The number of para-hydroxylation sites is 1. The van der Waals surface area contributed by atoms with Crippen LogP contribution in [0.5, 0.6) is 0 Å². The second-order valence-corrected chi connectivity index (χ2v) is 5.22. The molecule has 2 heterocycles. The van der Waals surface area contributed by atoms with E-state index in [-0.39, 0.29) is 0 Å². The molecule has 84 valence electrons. The lowest BCUT2D eigenvalue weighted by atomic mass is 10.1. The summed E-state index contributed by atoms with van der Waals surface area (Å²) in [6.07, 6.45) is 3.22. The van der Waals surface area contributed by atoms with Crippen LogP contribution in [0.4, 0.5) is 0 Å². The first kappa shape index (κ1) is 10.3. The molecule has 1 atom stereocenters. The van der Waals surface area contributed by atoms with Gasteiger partial charge in [0.05, 0.1) is 17.4 Å². The molecule has 0 bridgehead atoms. The molecule has 16 heavy (non-hydrogen) atoms. The van der Waals surface area contributed by atoms with E-state index in [0.29, 0.717) is 0 Å². The van der Waals surface area contributed by atoms with Gasteiger partial charge in [-0.3, -0.25) is 0 Å². The molecule has 0 saturated carbocycles. The fourth-order valence-corrected chi connectivity index (χ4v) is 2.95. The van der Waals surface area contributed by atoms with Crippen molar-refractivity contribution in [3.05, 3.63) is 29.0 Å². The number of imidazole rings is 1. The molecule has 1 N–H and O–H groups in total. The zero-order chi connectivity index (χ0) is 11.0. The Morgan fingerprint density at radius 3 is 3.25 bits per heavy atom. The largest absolute Gasteiger partial charge is 0.329 e. The molecule has 3 nitrogen and oxygen atoms in total. The van der Waals surface area contributed by atoms with Crippen molar-refractivity contribution in [3.8, 4) is 0 Å². The van der Waals surface area contributed by atoms with Gasteiger partial charge in [0.25, 0.3) is 0 Å². The van der Waals surface area contributed by atoms with Crippen molar-refractivity contribution < 1.29 is 0 Å². The van der Waals surface area contributed by atoms with Crippen molar-refractivity contribution in [1.82, 2.24) is 14.9 Å². The summed E-state index contributed by atoms with van der Waals surface area (Å²) in [6.45, 7) is 3.34. The Labute approximate surface area is 103 Å². The smallest absolute Gasteiger partial charge is 0.0958 e. The molecule has 1 aliphatic heterocycles. The van der Waals surface area contributed by atoms with E-state index in [4.69, 9.17) is 0 Å². The molecule has 0 amide bonds. The molecule has 4 heteroatoms. The molecule has 1 aliphatic rings. The number of nitrogens with one attached hydrogen (secondary N) is 1. The number of rotatable bonds is 2. The highest BCUT2D eigenvalue weighted by molar-refractivity contribution is 9.10. The third-order valence-corrected chi connectivity index (χ3v) is 3.85. The topological polar surface area (TPSA) is 29.9 Å². The quantitative estimate of drug-likeness (QED) is 0.915. The van der Waals surface area contributed by atoms with Crippen molar-refractivity contribution in [3.63, 3.8) is 0 Å². The fourth-order valence-electron chi connectivity index (χ4n) is 2.37. The molecule has 1 unspecified atom stereocenters. The van der Waals surface area contributed by atoms with Gasteiger partial charge < -0.3 is 9.88 Å². The minimum absolute atomic E-state index is 0.740. The highest BCUT2D eigenvalue weighted by Crippen LogP contribution is 2.24. The van der Waals surface area contributed by atoms with Crippen LogP contribution in [0.15, 0.2) is 29.0 Å². The third kappa shape index (κ3) is 1.76. The minimum Gasteiger partial charge on any atom is -0.329 e. The molecular formula is C12H14BrN3. The lowest BCUT2D eigenvalue weighted by Crippen LogP contribution is -2.14. The van der Waals surface area contributed by atoms with Gasteiger partial charge in [-0.15, -0.1) is 0 Å². The summed E-state index contributed by atoms with van der Waals surface area (Å²) in [7, 11) is 0. The highest BCUT2D eigenvalue weighted by Gasteiger charge is 2.16. The first-order valence-corrected chi connectivity index (χ1v) is 6.44. The molecule has 2 aromatic rings. The zero-order valence-corrected chi connectivity index (χ0v) is 10.6. The first-order chi connectivity index (χ1) is 7.84. The van der Waals surface area contributed by atoms with Gasteiger partial charge in [0, 0.05) is 11.0 Å². The predicted molar refractivity (Wildman–Crippen MR) is 68.4 cm³/mol. The number of hydrogen-bond donors (Lipinski definition) is 1. The van der Waals surface area contributed by atoms with Crippen LogP contribution in [0, 0.1) is 5.92 Å². The zero-order valence-electron chi connectivity index (χ0n) is 8.99. The maximum atomic E-state index is 4.43. The van der Waals surface area contributed by atoms with Gasteiger partial charge >= 0.3 is 0 Å². The molecule has 0 spiro atoms. The SMILES string of the molecule is Brc1cccc2ncn(CC3CCNC3)c12. The monoisotopic (exact) mass is 279 g/mol. The Hall–Kier alpha value is -0.870.